The van der Waals surface area contributed by atoms with Gasteiger partial charge in [0.25, 0.3) is 5.69 Å². The SMILES string of the molecule is CC(COC(=O)OC(C)(C)C)c1ccccc1[N+](=O)[O-]. The molecule has 110 valence electrons. The molecule has 0 radical (unpaired) electrons. The highest BCUT2D eigenvalue weighted by Gasteiger charge is 2.21. The fraction of sp³-hybridized carbons (Fsp3) is 0.500. The number of hydrogen-bond donors (Lipinski definition) is 0. The number of nitro benzene ring substituents is 1. The topological polar surface area (TPSA) is 78.7 Å². The molecule has 1 aromatic carbocycles. The molecule has 0 saturated carbocycles. The van der Waals surface area contributed by atoms with Crippen LogP contribution in [0.25, 0.3) is 0 Å². The van der Waals surface area contributed by atoms with Crippen molar-refractivity contribution in [3.63, 3.8) is 0 Å². The number of nitro groups is 1. The monoisotopic (exact) mass is 281 g/mol. The first-order valence-corrected chi connectivity index (χ1v) is 6.30. The molecule has 0 fully saturated rings. The number of benzene rings is 1. The maximum absolute atomic E-state index is 11.4. The zero-order valence-electron chi connectivity index (χ0n) is 12.1. The highest BCUT2D eigenvalue weighted by Crippen LogP contribution is 2.26. The maximum atomic E-state index is 11.4. The third-order valence-electron chi connectivity index (χ3n) is 2.51. The minimum Gasteiger partial charge on any atom is -0.434 e. The number of para-hydroxylation sites is 1. The van der Waals surface area contributed by atoms with E-state index in [1.54, 1.807) is 45.9 Å². The van der Waals surface area contributed by atoms with Crippen molar-refractivity contribution in [1.29, 1.82) is 0 Å². The predicted octanol–water partition coefficient (Wildman–Crippen LogP) is 3.65. The van der Waals surface area contributed by atoms with E-state index in [0.717, 1.165) is 0 Å². The summed E-state index contributed by atoms with van der Waals surface area (Å²) in [5, 5.41) is 10.9. The summed E-state index contributed by atoms with van der Waals surface area (Å²) in [6.07, 6.45) is -0.775. The first kappa shape index (κ1) is 15.9. The van der Waals surface area contributed by atoms with Gasteiger partial charge < -0.3 is 9.47 Å². The average molecular weight is 281 g/mol. The van der Waals surface area contributed by atoms with Crippen LogP contribution in [-0.4, -0.2) is 23.3 Å². The van der Waals surface area contributed by atoms with Crippen molar-refractivity contribution in [3.8, 4) is 0 Å². The number of rotatable bonds is 4. The molecular formula is C14H19NO5. The molecule has 6 heteroatoms. The Morgan fingerprint density at radius 3 is 2.50 bits per heavy atom. The van der Waals surface area contributed by atoms with Crippen molar-refractivity contribution in [2.24, 2.45) is 0 Å². The fourth-order valence-electron chi connectivity index (χ4n) is 1.63. The van der Waals surface area contributed by atoms with Crippen molar-refractivity contribution >= 4 is 11.8 Å². The molecule has 6 nitrogen and oxygen atoms in total. The average Bonchev–Trinajstić information content (AvgIpc) is 2.33. The minimum absolute atomic E-state index is 0.0211. The highest BCUT2D eigenvalue weighted by molar-refractivity contribution is 5.60. The van der Waals surface area contributed by atoms with Gasteiger partial charge in [-0.1, -0.05) is 25.1 Å². The molecule has 1 unspecified atom stereocenters. The second-order valence-electron chi connectivity index (χ2n) is 5.49. The second-order valence-corrected chi connectivity index (χ2v) is 5.49. The minimum atomic E-state index is -0.775. The summed E-state index contributed by atoms with van der Waals surface area (Å²) in [6.45, 7) is 6.99. The van der Waals surface area contributed by atoms with Crippen LogP contribution in [0, 0.1) is 10.1 Å². The predicted molar refractivity (Wildman–Crippen MR) is 73.7 cm³/mol. The van der Waals surface area contributed by atoms with Crippen LogP contribution >= 0.6 is 0 Å². The van der Waals surface area contributed by atoms with Crippen molar-refractivity contribution in [2.45, 2.75) is 39.2 Å². The Morgan fingerprint density at radius 2 is 1.95 bits per heavy atom. The second kappa shape index (κ2) is 6.36. The van der Waals surface area contributed by atoms with Gasteiger partial charge in [0, 0.05) is 17.5 Å². The van der Waals surface area contributed by atoms with E-state index >= 15 is 0 Å². The Bertz CT molecular complexity index is 493. The van der Waals surface area contributed by atoms with Gasteiger partial charge in [-0.3, -0.25) is 10.1 Å². The van der Waals surface area contributed by atoms with Gasteiger partial charge in [0.05, 0.1) is 4.92 Å². The lowest BCUT2D eigenvalue weighted by atomic mass is 10.0. The number of nitrogens with zero attached hydrogens (tertiary/aromatic N) is 1. The molecule has 0 N–H and O–H groups in total. The largest absolute Gasteiger partial charge is 0.508 e. The van der Waals surface area contributed by atoms with Crippen LogP contribution in [0.3, 0.4) is 0 Å². The van der Waals surface area contributed by atoms with Crippen LogP contribution < -0.4 is 0 Å². The summed E-state index contributed by atoms with van der Waals surface area (Å²) in [6, 6.07) is 6.40. The molecule has 0 aromatic heterocycles. The van der Waals surface area contributed by atoms with E-state index < -0.39 is 16.7 Å². The lowest BCUT2D eigenvalue weighted by molar-refractivity contribution is -0.385. The van der Waals surface area contributed by atoms with Crippen molar-refractivity contribution in [2.75, 3.05) is 6.61 Å². The van der Waals surface area contributed by atoms with E-state index in [2.05, 4.69) is 0 Å². The molecule has 0 aliphatic heterocycles. The van der Waals surface area contributed by atoms with E-state index in [4.69, 9.17) is 9.47 Å². The fourth-order valence-corrected chi connectivity index (χ4v) is 1.63. The van der Waals surface area contributed by atoms with Gasteiger partial charge in [0.2, 0.25) is 0 Å². The zero-order chi connectivity index (χ0) is 15.3. The zero-order valence-corrected chi connectivity index (χ0v) is 12.1. The van der Waals surface area contributed by atoms with Crippen LogP contribution in [0.2, 0.25) is 0 Å². The van der Waals surface area contributed by atoms with E-state index in [0.29, 0.717) is 5.56 Å². The normalized spacial score (nSPS) is 12.6. The Hall–Kier alpha value is -2.11. The van der Waals surface area contributed by atoms with Crippen LogP contribution in [0.4, 0.5) is 10.5 Å². The van der Waals surface area contributed by atoms with Crippen LogP contribution in [0.1, 0.15) is 39.2 Å². The standard InChI is InChI=1S/C14H19NO5/c1-10(9-19-13(16)20-14(2,3)4)11-7-5-6-8-12(11)15(17)18/h5-8,10H,9H2,1-4H3. The van der Waals surface area contributed by atoms with E-state index in [1.807, 2.05) is 0 Å². The number of carbonyl (C=O) groups is 1. The molecule has 0 aliphatic carbocycles. The molecule has 1 atom stereocenters. The van der Waals surface area contributed by atoms with Crippen LogP contribution in [-0.2, 0) is 9.47 Å². The smallest absolute Gasteiger partial charge is 0.434 e. The van der Waals surface area contributed by atoms with Crippen LogP contribution in [0.15, 0.2) is 24.3 Å². The molecular weight excluding hydrogens is 262 g/mol. The molecule has 1 rings (SSSR count). The third kappa shape index (κ3) is 4.87. The summed E-state index contributed by atoms with van der Waals surface area (Å²) < 4.78 is 9.99. The molecule has 20 heavy (non-hydrogen) atoms. The number of ether oxygens (including phenoxy) is 2. The molecule has 0 saturated heterocycles. The van der Waals surface area contributed by atoms with E-state index in [-0.39, 0.29) is 18.2 Å². The number of hydrogen-bond acceptors (Lipinski definition) is 5. The first-order chi connectivity index (χ1) is 9.20. The Kier molecular flexibility index (Phi) is 5.07. The summed E-state index contributed by atoms with van der Waals surface area (Å²) in [7, 11) is 0. The van der Waals surface area contributed by atoms with Gasteiger partial charge in [-0.15, -0.1) is 0 Å². The molecule has 0 aliphatic rings. The summed E-state index contributed by atoms with van der Waals surface area (Å²) in [5.41, 5.74) is -0.0761. The van der Waals surface area contributed by atoms with Crippen LogP contribution in [0.5, 0.6) is 0 Å². The van der Waals surface area contributed by atoms with Gasteiger partial charge in [-0.05, 0) is 20.8 Å². The number of carbonyl (C=O) groups excluding carboxylic acids is 1. The molecule has 0 bridgehead atoms. The van der Waals surface area contributed by atoms with Gasteiger partial charge in [0.15, 0.2) is 0 Å². The first-order valence-electron chi connectivity index (χ1n) is 6.30. The van der Waals surface area contributed by atoms with E-state index in [9.17, 15) is 14.9 Å². The molecule has 1 aromatic rings. The third-order valence-corrected chi connectivity index (χ3v) is 2.51. The van der Waals surface area contributed by atoms with Gasteiger partial charge >= 0.3 is 6.16 Å². The lowest BCUT2D eigenvalue weighted by Gasteiger charge is -2.20. The Labute approximate surface area is 117 Å². The summed E-state index contributed by atoms with van der Waals surface area (Å²) in [5.74, 6) is -0.288. The molecule has 0 heterocycles. The lowest BCUT2D eigenvalue weighted by Crippen LogP contribution is -2.25. The highest BCUT2D eigenvalue weighted by atomic mass is 16.7. The summed E-state index contributed by atoms with van der Waals surface area (Å²) in [4.78, 5) is 21.9. The van der Waals surface area contributed by atoms with Gasteiger partial charge in [0.1, 0.15) is 12.2 Å². The molecule has 0 amide bonds. The molecule has 0 spiro atoms. The Morgan fingerprint density at radius 1 is 1.35 bits per heavy atom. The van der Waals surface area contributed by atoms with Gasteiger partial charge in [-0.25, -0.2) is 4.79 Å². The van der Waals surface area contributed by atoms with Crippen molar-refractivity contribution in [3.05, 3.63) is 39.9 Å². The van der Waals surface area contributed by atoms with Crippen molar-refractivity contribution in [1.82, 2.24) is 0 Å². The van der Waals surface area contributed by atoms with Gasteiger partial charge in [-0.2, -0.15) is 0 Å². The maximum Gasteiger partial charge on any atom is 0.508 e. The Balaban J connectivity index is 2.66. The quantitative estimate of drug-likeness (QED) is 0.478. The summed E-state index contributed by atoms with van der Waals surface area (Å²) >= 11 is 0. The van der Waals surface area contributed by atoms with E-state index in [1.165, 1.54) is 6.07 Å². The van der Waals surface area contributed by atoms with Crippen molar-refractivity contribution < 1.29 is 19.2 Å².